The number of carbonyl (C=O) groups is 1. The average molecular weight is 419 g/mol. The van der Waals surface area contributed by atoms with Crippen LogP contribution in [0.3, 0.4) is 0 Å². The third-order valence-corrected chi connectivity index (χ3v) is 6.64. The molecular weight excluding hydrogens is 393 g/mol. The lowest BCUT2D eigenvalue weighted by Crippen LogP contribution is -3.19. The van der Waals surface area contributed by atoms with Crippen molar-refractivity contribution >= 4 is 27.7 Å². The average Bonchev–Trinajstić information content (AvgIpc) is 2.74. The first-order chi connectivity index (χ1) is 13.8. The van der Waals surface area contributed by atoms with Crippen LogP contribution in [-0.4, -0.2) is 50.9 Å². The summed E-state index contributed by atoms with van der Waals surface area (Å²) in [6.45, 7) is 3.59. The van der Waals surface area contributed by atoms with Crippen LogP contribution in [0.25, 0.3) is 6.08 Å². The fourth-order valence-corrected chi connectivity index (χ4v) is 4.44. The summed E-state index contributed by atoms with van der Waals surface area (Å²) in [7, 11) is -3.50. The molecule has 0 saturated carbocycles. The van der Waals surface area contributed by atoms with Crippen LogP contribution in [-0.2, 0) is 14.8 Å². The van der Waals surface area contributed by atoms with Gasteiger partial charge < -0.3 is 10.2 Å². The fourth-order valence-electron chi connectivity index (χ4n) is 3.24. The summed E-state index contributed by atoms with van der Waals surface area (Å²) in [5, 5.41) is 4.01. The summed E-state index contributed by atoms with van der Waals surface area (Å²) in [6, 6.07) is 14.5. The highest BCUT2D eigenvalue weighted by Gasteiger charge is 2.32. The van der Waals surface area contributed by atoms with Crippen molar-refractivity contribution in [1.82, 2.24) is 4.31 Å². The molecule has 2 N–H and O–H groups in total. The minimum Gasteiger partial charge on any atom is -0.323 e. The fraction of sp³-hybridized carbons (Fsp3) is 0.286. The van der Waals surface area contributed by atoms with Gasteiger partial charge in [-0.3, -0.25) is 4.79 Å². The highest BCUT2D eigenvalue weighted by Crippen LogP contribution is 2.10. The Bertz CT molecular complexity index is 954. The second-order valence-corrected chi connectivity index (χ2v) is 8.85. The molecule has 0 aromatic heterocycles. The van der Waals surface area contributed by atoms with Gasteiger partial charge in [0, 0.05) is 11.1 Å². The number of hydrogen-bond acceptors (Lipinski definition) is 3. The van der Waals surface area contributed by atoms with Gasteiger partial charge in [0.1, 0.15) is 5.82 Å². The highest BCUT2D eigenvalue weighted by atomic mass is 32.2. The Morgan fingerprint density at radius 2 is 1.72 bits per heavy atom. The minimum absolute atomic E-state index is 0.174. The largest absolute Gasteiger partial charge is 0.323 e. The zero-order valence-electron chi connectivity index (χ0n) is 16.2. The molecule has 1 heterocycles. The van der Waals surface area contributed by atoms with E-state index in [9.17, 15) is 17.6 Å². The molecule has 1 fully saturated rings. The van der Waals surface area contributed by atoms with Crippen LogP contribution < -0.4 is 10.2 Å². The molecule has 1 aliphatic rings. The van der Waals surface area contributed by atoms with E-state index in [0.717, 1.165) is 10.5 Å². The van der Waals surface area contributed by atoms with Crippen LogP contribution in [0.4, 0.5) is 10.1 Å². The Morgan fingerprint density at radius 1 is 1.10 bits per heavy atom. The number of nitrogens with one attached hydrogen (secondary N) is 2. The van der Waals surface area contributed by atoms with Crippen molar-refractivity contribution in [2.24, 2.45) is 0 Å². The van der Waals surface area contributed by atoms with Crippen LogP contribution in [0.2, 0.25) is 0 Å². The Labute approximate surface area is 170 Å². The third-order valence-electron chi connectivity index (χ3n) is 5.07. The lowest BCUT2D eigenvalue weighted by atomic mass is 10.2. The van der Waals surface area contributed by atoms with E-state index in [1.54, 1.807) is 6.08 Å². The van der Waals surface area contributed by atoms with Crippen molar-refractivity contribution in [3.8, 4) is 0 Å². The summed E-state index contributed by atoms with van der Waals surface area (Å²) in [5.41, 5.74) is 1.36. The number of quaternary nitrogens is 1. The molecule has 2 aromatic rings. The van der Waals surface area contributed by atoms with E-state index in [-0.39, 0.29) is 17.8 Å². The number of benzene rings is 2. The number of carbonyl (C=O) groups excluding carboxylic acids is 1. The molecule has 0 bridgehead atoms. The van der Waals surface area contributed by atoms with Gasteiger partial charge in [-0.15, -0.1) is 0 Å². The summed E-state index contributed by atoms with van der Waals surface area (Å²) < 4.78 is 39.5. The van der Waals surface area contributed by atoms with Crippen molar-refractivity contribution in [1.29, 1.82) is 0 Å². The van der Waals surface area contributed by atoms with Crippen molar-refractivity contribution in [3.05, 3.63) is 71.4 Å². The second-order valence-electron chi connectivity index (χ2n) is 7.03. The SMILES string of the molecule is C[C@H](C(=O)Nc1ccc(F)cc1)[NH+]1CCN(S(=O)(=O)/C=C/c2ccccc2)CC1. The molecule has 6 nitrogen and oxygen atoms in total. The molecule has 1 atom stereocenters. The van der Waals surface area contributed by atoms with E-state index in [1.807, 2.05) is 37.3 Å². The minimum atomic E-state index is -3.50. The normalized spacial score (nSPS) is 17.3. The van der Waals surface area contributed by atoms with Gasteiger partial charge in [0.2, 0.25) is 10.0 Å². The summed E-state index contributed by atoms with van der Waals surface area (Å²) >= 11 is 0. The maximum Gasteiger partial charge on any atom is 0.282 e. The Hall–Kier alpha value is -2.55. The van der Waals surface area contributed by atoms with Crippen molar-refractivity contribution in [2.75, 3.05) is 31.5 Å². The molecule has 154 valence electrons. The summed E-state index contributed by atoms with van der Waals surface area (Å²) in [6.07, 6.45) is 1.59. The lowest BCUT2D eigenvalue weighted by molar-refractivity contribution is -0.917. The Balaban J connectivity index is 1.54. The van der Waals surface area contributed by atoms with Gasteiger partial charge in [-0.1, -0.05) is 30.3 Å². The molecule has 8 heteroatoms. The van der Waals surface area contributed by atoms with Gasteiger partial charge in [0.15, 0.2) is 6.04 Å². The van der Waals surface area contributed by atoms with Crippen molar-refractivity contribution in [2.45, 2.75) is 13.0 Å². The predicted molar refractivity (Wildman–Crippen MR) is 111 cm³/mol. The molecule has 1 aliphatic heterocycles. The highest BCUT2D eigenvalue weighted by molar-refractivity contribution is 7.92. The topological polar surface area (TPSA) is 70.9 Å². The van der Waals surface area contributed by atoms with Gasteiger partial charge in [0.05, 0.1) is 26.2 Å². The first kappa shape index (κ1) is 21.2. The van der Waals surface area contributed by atoms with Crippen LogP contribution in [0.1, 0.15) is 12.5 Å². The van der Waals surface area contributed by atoms with Gasteiger partial charge in [-0.2, -0.15) is 4.31 Å². The van der Waals surface area contributed by atoms with E-state index in [4.69, 9.17) is 0 Å². The Morgan fingerprint density at radius 3 is 2.34 bits per heavy atom. The number of hydrogen-bond donors (Lipinski definition) is 2. The molecule has 0 aliphatic carbocycles. The molecule has 1 amide bonds. The van der Waals surface area contributed by atoms with E-state index >= 15 is 0 Å². The van der Waals surface area contributed by atoms with Crippen LogP contribution in [0, 0.1) is 5.82 Å². The maximum absolute atomic E-state index is 13.0. The van der Waals surface area contributed by atoms with Crippen molar-refractivity contribution < 1.29 is 22.5 Å². The van der Waals surface area contributed by atoms with E-state index < -0.39 is 10.0 Å². The first-order valence-electron chi connectivity index (χ1n) is 9.49. The zero-order chi connectivity index (χ0) is 20.9. The number of halogens is 1. The zero-order valence-corrected chi connectivity index (χ0v) is 17.0. The number of anilines is 1. The number of rotatable bonds is 6. The van der Waals surface area contributed by atoms with Crippen LogP contribution in [0.5, 0.6) is 0 Å². The number of nitrogens with zero attached hydrogens (tertiary/aromatic N) is 1. The van der Waals surface area contributed by atoms with Crippen LogP contribution >= 0.6 is 0 Å². The molecule has 0 spiro atoms. The van der Waals surface area contributed by atoms with Crippen LogP contribution in [0.15, 0.2) is 60.0 Å². The maximum atomic E-state index is 13.0. The molecule has 2 aromatic carbocycles. The summed E-state index contributed by atoms with van der Waals surface area (Å²) in [4.78, 5) is 13.5. The monoisotopic (exact) mass is 418 g/mol. The van der Waals surface area contributed by atoms with E-state index in [0.29, 0.717) is 31.9 Å². The van der Waals surface area contributed by atoms with E-state index in [1.165, 1.54) is 34.0 Å². The number of amides is 1. The lowest BCUT2D eigenvalue weighted by Gasteiger charge is -2.33. The first-order valence-corrected chi connectivity index (χ1v) is 11.0. The predicted octanol–water partition coefficient (Wildman–Crippen LogP) is 1.35. The quantitative estimate of drug-likeness (QED) is 0.744. The van der Waals surface area contributed by atoms with Gasteiger partial charge in [0.25, 0.3) is 5.91 Å². The molecule has 0 unspecified atom stereocenters. The Kier molecular flexibility index (Phi) is 6.79. The van der Waals surface area contributed by atoms with Gasteiger partial charge in [-0.05, 0) is 42.8 Å². The molecular formula is C21H25FN3O3S+. The third kappa shape index (κ3) is 5.72. The van der Waals surface area contributed by atoms with Gasteiger partial charge in [-0.25, -0.2) is 12.8 Å². The number of sulfonamides is 1. The molecule has 0 radical (unpaired) electrons. The second kappa shape index (κ2) is 9.30. The number of piperazine rings is 1. The van der Waals surface area contributed by atoms with E-state index in [2.05, 4.69) is 5.32 Å². The summed E-state index contributed by atoms with van der Waals surface area (Å²) in [5.74, 6) is -0.535. The molecule has 1 saturated heterocycles. The smallest absolute Gasteiger partial charge is 0.282 e. The molecule has 29 heavy (non-hydrogen) atoms. The van der Waals surface area contributed by atoms with Gasteiger partial charge >= 0.3 is 0 Å². The molecule has 3 rings (SSSR count). The van der Waals surface area contributed by atoms with Crippen molar-refractivity contribution in [3.63, 3.8) is 0 Å². The standard InChI is InChI=1S/C21H24FN3O3S/c1-17(21(26)23-20-9-7-19(22)8-10-20)24-12-14-25(15-13-24)29(27,28)16-11-18-5-3-2-4-6-18/h2-11,16-17H,12-15H2,1H3,(H,23,26)/p+1/b16-11+/t17-/m1/s1.